The molecule has 0 aliphatic carbocycles. The van der Waals surface area contributed by atoms with Gasteiger partial charge in [-0.05, 0) is 58.6 Å². The van der Waals surface area contributed by atoms with E-state index in [-0.39, 0.29) is 17.6 Å². The van der Waals surface area contributed by atoms with Crippen molar-refractivity contribution in [2.24, 2.45) is 0 Å². The Balaban J connectivity index is 3.38. The number of benzene rings is 1. The van der Waals surface area contributed by atoms with Crippen molar-refractivity contribution in [2.75, 3.05) is 18.8 Å². The summed E-state index contributed by atoms with van der Waals surface area (Å²) in [5.74, 6) is -0.498. The van der Waals surface area contributed by atoms with Crippen LogP contribution in [-0.4, -0.2) is 53.3 Å². The second-order valence-corrected chi connectivity index (χ2v) is 10.0. The first kappa shape index (κ1) is 29.8. The van der Waals surface area contributed by atoms with Gasteiger partial charge in [0.05, 0.1) is 0 Å². The molecule has 2 N–H and O–H groups in total. The van der Waals surface area contributed by atoms with Crippen LogP contribution < -0.4 is 10.6 Å². The largest absolute Gasteiger partial charge is 0.444 e. The molecule has 0 aromatic heterocycles. The van der Waals surface area contributed by atoms with Crippen LogP contribution in [0, 0.1) is 13.8 Å². The van der Waals surface area contributed by atoms with Crippen molar-refractivity contribution >= 4 is 30.5 Å². The number of ether oxygens (including phenoxy) is 1. The summed E-state index contributed by atoms with van der Waals surface area (Å²) in [5.41, 5.74) is 2.10. The van der Waals surface area contributed by atoms with E-state index in [1.165, 1.54) is 0 Å². The van der Waals surface area contributed by atoms with E-state index in [2.05, 4.69) is 30.2 Å². The van der Waals surface area contributed by atoms with Crippen LogP contribution in [0.2, 0.25) is 0 Å². The van der Waals surface area contributed by atoms with Gasteiger partial charge in [0.2, 0.25) is 11.8 Å². The van der Waals surface area contributed by atoms with E-state index in [9.17, 15) is 14.4 Å². The number of aryl methyl sites for hydroxylation is 2. The Hall–Kier alpha value is -2.22. The molecule has 1 rings (SSSR count). The van der Waals surface area contributed by atoms with E-state index in [1.807, 2.05) is 39.0 Å². The zero-order valence-corrected chi connectivity index (χ0v) is 22.8. The highest BCUT2D eigenvalue weighted by atomic mass is 32.1. The fourth-order valence-electron chi connectivity index (χ4n) is 3.60. The van der Waals surface area contributed by atoms with Gasteiger partial charge < -0.3 is 20.3 Å². The molecule has 7 nitrogen and oxygen atoms in total. The predicted molar refractivity (Wildman–Crippen MR) is 140 cm³/mol. The maximum absolute atomic E-state index is 13.7. The molecule has 0 fully saturated rings. The normalized spacial score (nSPS) is 13.1. The first-order valence-electron chi connectivity index (χ1n) is 12.2. The Morgan fingerprint density at radius 1 is 1.09 bits per heavy atom. The number of rotatable bonds is 12. The van der Waals surface area contributed by atoms with Gasteiger partial charge in [-0.3, -0.25) is 9.59 Å². The van der Waals surface area contributed by atoms with Crippen LogP contribution in [0.25, 0.3) is 0 Å². The molecule has 0 aliphatic heterocycles. The Kier molecular flexibility index (Phi) is 12.5. The fourth-order valence-corrected chi connectivity index (χ4v) is 3.85. The molecular formula is C26H43N3O4S. The quantitative estimate of drug-likeness (QED) is 0.291. The van der Waals surface area contributed by atoms with Crippen molar-refractivity contribution in [1.29, 1.82) is 0 Å². The van der Waals surface area contributed by atoms with Crippen molar-refractivity contribution in [2.45, 2.75) is 91.8 Å². The summed E-state index contributed by atoms with van der Waals surface area (Å²) in [6, 6.07) is 4.15. The molecule has 1 aromatic rings. The number of nitrogens with one attached hydrogen (secondary N) is 2. The third kappa shape index (κ3) is 9.57. The van der Waals surface area contributed by atoms with Crippen LogP contribution in [0.4, 0.5) is 4.79 Å². The highest BCUT2D eigenvalue weighted by molar-refractivity contribution is 7.80. The number of unbranched alkanes of at least 4 members (excludes halogenated alkanes) is 2. The predicted octanol–water partition coefficient (Wildman–Crippen LogP) is 4.71. The lowest BCUT2D eigenvalue weighted by Gasteiger charge is -2.35. The molecule has 0 spiro atoms. The van der Waals surface area contributed by atoms with Crippen molar-refractivity contribution in [1.82, 2.24) is 15.5 Å². The first-order chi connectivity index (χ1) is 15.9. The summed E-state index contributed by atoms with van der Waals surface area (Å²) >= 11 is 4.32. The maximum atomic E-state index is 13.7. The van der Waals surface area contributed by atoms with Crippen LogP contribution in [0.5, 0.6) is 0 Å². The summed E-state index contributed by atoms with van der Waals surface area (Å²) in [6.45, 7) is 14.2. The van der Waals surface area contributed by atoms with Gasteiger partial charge in [0, 0.05) is 18.8 Å². The lowest BCUT2D eigenvalue weighted by molar-refractivity contribution is -0.142. The average Bonchev–Trinajstić information content (AvgIpc) is 2.74. The van der Waals surface area contributed by atoms with Crippen LogP contribution >= 0.6 is 12.6 Å². The van der Waals surface area contributed by atoms with Gasteiger partial charge in [-0.15, -0.1) is 0 Å². The number of nitrogens with zero attached hydrogens (tertiary/aromatic N) is 1. The highest BCUT2D eigenvalue weighted by Gasteiger charge is 2.36. The van der Waals surface area contributed by atoms with Crippen molar-refractivity contribution in [3.8, 4) is 0 Å². The molecule has 1 aromatic carbocycles. The van der Waals surface area contributed by atoms with Crippen molar-refractivity contribution in [3.05, 3.63) is 34.9 Å². The summed E-state index contributed by atoms with van der Waals surface area (Å²) < 4.78 is 5.34. The van der Waals surface area contributed by atoms with E-state index in [4.69, 9.17) is 4.74 Å². The van der Waals surface area contributed by atoms with Gasteiger partial charge in [0.1, 0.15) is 17.7 Å². The standard InChI is InChI=1S/C26H43N3O4S/c1-8-10-14-27-23(30)22(20-13-12-18(3)16-19(20)4)29(15-11-9-2)24(31)21(17-34)28-25(32)33-26(5,6)7/h12-13,16,21-22,34H,8-11,14-15,17H2,1-7H3,(H,27,30)(H,28,32). The highest BCUT2D eigenvalue weighted by Crippen LogP contribution is 2.27. The summed E-state index contributed by atoms with van der Waals surface area (Å²) in [7, 11) is 0. The molecule has 0 bridgehead atoms. The third-order valence-corrected chi connectivity index (χ3v) is 5.68. The van der Waals surface area contributed by atoms with Gasteiger partial charge in [-0.2, -0.15) is 12.6 Å². The SMILES string of the molecule is CCCCNC(=O)C(c1ccc(C)cc1C)N(CCCC)C(=O)C(CS)NC(=O)OC(C)(C)C. The number of hydrogen-bond donors (Lipinski definition) is 3. The van der Waals surface area contributed by atoms with Crippen LogP contribution in [0.1, 0.15) is 83.0 Å². The van der Waals surface area contributed by atoms with E-state index in [0.29, 0.717) is 13.1 Å². The second kappa shape index (κ2) is 14.2. The van der Waals surface area contributed by atoms with Gasteiger partial charge in [0.15, 0.2) is 0 Å². The number of alkyl carbamates (subject to hydrolysis) is 1. The Morgan fingerprint density at radius 3 is 2.26 bits per heavy atom. The minimum Gasteiger partial charge on any atom is -0.444 e. The zero-order chi connectivity index (χ0) is 25.9. The molecule has 0 radical (unpaired) electrons. The summed E-state index contributed by atoms with van der Waals surface area (Å²) in [6.07, 6.45) is 2.70. The zero-order valence-electron chi connectivity index (χ0n) is 21.9. The van der Waals surface area contributed by atoms with E-state index < -0.39 is 23.8 Å². The minimum absolute atomic E-state index is 0.0811. The van der Waals surface area contributed by atoms with Crippen molar-refractivity contribution < 1.29 is 19.1 Å². The smallest absolute Gasteiger partial charge is 0.408 e. The topological polar surface area (TPSA) is 87.7 Å². The lowest BCUT2D eigenvalue weighted by atomic mass is 9.96. The van der Waals surface area contributed by atoms with Crippen molar-refractivity contribution in [3.63, 3.8) is 0 Å². The minimum atomic E-state index is -0.924. The Bertz CT molecular complexity index is 823. The lowest BCUT2D eigenvalue weighted by Crippen LogP contribution is -2.54. The van der Waals surface area contributed by atoms with E-state index in [1.54, 1.807) is 25.7 Å². The molecule has 2 atom stereocenters. The molecular weight excluding hydrogens is 450 g/mol. The summed E-state index contributed by atoms with van der Waals surface area (Å²) in [4.78, 5) is 41.2. The molecule has 34 heavy (non-hydrogen) atoms. The molecule has 0 saturated carbocycles. The van der Waals surface area contributed by atoms with Gasteiger partial charge in [0.25, 0.3) is 0 Å². The fraction of sp³-hybridized carbons (Fsp3) is 0.654. The van der Waals surface area contributed by atoms with Crippen LogP contribution in [0.15, 0.2) is 18.2 Å². The number of hydrogen-bond acceptors (Lipinski definition) is 5. The molecule has 0 saturated heterocycles. The van der Waals surface area contributed by atoms with Gasteiger partial charge in [-0.1, -0.05) is 50.5 Å². The van der Waals surface area contributed by atoms with E-state index in [0.717, 1.165) is 42.4 Å². The molecule has 3 amide bonds. The number of amides is 3. The Morgan fingerprint density at radius 2 is 1.74 bits per heavy atom. The second-order valence-electron chi connectivity index (χ2n) is 9.67. The number of thiol groups is 1. The molecule has 0 aliphatic rings. The Labute approximate surface area is 210 Å². The number of carbonyl (C=O) groups excluding carboxylic acids is 3. The third-order valence-electron chi connectivity index (χ3n) is 5.32. The monoisotopic (exact) mass is 493 g/mol. The molecule has 0 heterocycles. The number of carbonyl (C=O) groups is 3. The molecule has 2 unspecified atom stereocenters. The summed E-state index contributed by atoms with van der Waals surface area (Å²) in [5, 5.41) is 5.64. The van der Waals surface area contributed by atoms with Gasteiger partial charge >= 0.3 is 6.09 Å². The average molecular weight is 494 g/mol. The van der Waals surface area contributed by atoms with E-state index >= 15 is 0 Å². The maximum Gasteiger partial charge on any atom is 0.408 e. The van der Waals surface area contributed by atoms with Gasteiger partial charge in [-0.25, -0.2) is 4.79 Å². The molecule has 8 heteroatoms. The molecule has 192 valence electrons. The van der Waals surface area contributed by atoms with Crippen LogP contribution in [-0.2, 0) is 14.3 Å². The van der Waals surface area contributed by atoms with Crippen LogP contribution in [0.3, 0.4) is 0 Å². The first-order valence-corrected chi connectivity index (χ1v) is 12.8.